The molecule has 0 nitrogen and oxygen atoms in total. The predicted octanol–water partition coefficient (Wildman–Crippen LogP) is 6.14. The summed E-state index contributed by atoms with van der Waals surface area (Å²) in [5.74, 6) is 0. The van der Waals surface area contributed by atoms with Gasteiger partial charge in [0.2, 0.25) is 0 Å². The summed E-state index contributed by atoms with van der Waals surface area (Å²) in [5.41, 5.74) is 2.94. The highest BCUT2D eigenvalue weighted by atomic mass is 29.3. The highest BCUT2D eigenvalue weighted by molar-refractivity contribution is 7.60. The van der Waals surface area contributed by atoms with Gasteiger partial charge in [0, 0.05) is 0 Å². The van der Waals surface area contributed by atoms with Crippen LogP contribution in [0.4, 0.5) is 0 Å². The standard InChI is InChI=1S/C34H28Si2/c1-35(2)31-23-21-25-13-9-11-19-29(25)33(31)34-30-20-12-10-14-26(30)22-24-32(34)36(35,27-15-5-3-6-16-27)28-17-7-4-8-18-28/h3-24H,1-2H3. The Morgan fingerprint density at radius 2 is 0.806 bits per heavy atom. The van der Waals surface area contributed by atoms with E-state index in [1.54, 1.807) is 10.4 Å². The maximum Gasteiger partial charge on any atom is 0.145 e. The molecule has 36 heavy (non-hydrogen) atoms. The number of hydrogen-bond acceptors (Lipinski definition) is 0. The first-order valence-electron chi connectivity index (χ1n) is 12.8. The molecule has 7 rings (SSSR count). The van der Waals surface area contributed by atoms with Gasteiger partial charge in [-0.05, 0) is 37.9 Å². The molecule has 0 saturated carbocycles. The van der Waals surface area contributed by atoms with E-state index in [0.29, 0.717) is 0 Å². The lowest BCUT2D eigenvalue weighted by Crippen LogP contribution is -2.86. The van der Waals surface area contributed by atoms with E-state index in [-0.39, 0.29) is 0 Å². The van der Waals surface area contributed by atoms with Crippen molar-refractivity contribution in [3.63, 3.8) is 0 Å². The topological polar surface area (TPSA) is 0 Å². The van der Waals surface area contributed by atoms with Gasteiger partial charge in [-0.2, -0.15) is 0 Å². The minimum absolute atomic E-state index is 1.32. The minimum atomic E-state index is -2.40. The van der Waals surface area contributed by atoms with E-state index in [1.165, 1.54) is 43.0 Å². The summed E-state index contributed by atoms with van der Waals surface area (Å²) in [6, 6.07) is 50.7. The van der Waals surface area contributed by atoms with Crippen molar-refractivity contribution in [1.82, 2.24) is 0 Å². The molecular formula is C34H28Si2. The van der Waals surface area contributed by atoms with Crippen LogP contribution in [0.5, 0.6) is 0 Å². The van der Waals surface area contributed by atoms with Crippen molar-refractivity contribution in [1.29, 1.82) is 0 Å². The Kier molecular flexibility index (Phi) is 4.72. The van der Waals surface area contributed by atoms with Crippen molar-refractivity contribution in [3.8, 4) is 11.1 Å². The summed E-state index contributed by atoms with van der Waals surface area (Å²) in [6.45, 7) is 5.29. The third-order valence-electron chi connectivity index (χ3n) is 8.54. The highest BCUT2D eigenvalue weighted by Crippen LogP contribution is 2.40. The maximum absolute atomic E-state index is 2.64. The third kappa shape index (κ3) is 2.74. The van der Waals surface area contributed by atoms with E-state index in [4.69, 9.17) is 0 Å². The molecule has 0 radical (unpaired) electrons. The lowest BCUT2D eigenvalue weighted by atomic mass is 9.93. The number of rotatable bonds is 2. The van der Waals surface area contributed by atoms with E-state index in [9.17, 15) is 0 Å². The van der Waals surface area contributed by atoms with E-state index in [0.717, 1.165) is 0 Å². The normalized spacial score (nSPS) is 15.4. The summed E-state index contributed by atoms with van der Waals surface area (Å²) in [5, 5.41) is 11.7. The molecule has 0 atom stereocenters. The molecule has 0 unspecified atom stereocenters. The van der Waals surface area contributed by atoms with Crippen LogP contribution in [0.3, 0.4) is 0 Å². The molecular weight excluding hydrogens is 465 g/mol. The summed E-state index contributed by atoms with van der Waals surface area (Å²) in [7, 11) is -4.49. The zero-order chi connectivity index (χ0) is 24.3. The van der Waals surface area contributed by atoms with Crippen LogP contribution in [0.15, 0.2) is 133 Å². The second kappa shape index (κ2) is 7.89. The highest BCUT2D eigenvalue weighted by Gasteiger charge is 2.58. The molecule has 1 aliphatic heterocycles. The fourth-order valence-corrected chi connectivity index (χ4v) is 24.1. The lowest BCUT2D eigenvalue weighted by molar-refractivity contribution is 1.65. The summed E-state index contributed by atoms with van der Waals surface area (Å²) >= 11 is 0. The smallest absolute Gasteiger partial charge is 0.0665 e. The van der Waals surface area contributed by atoms with Crippen molar-refractivity contribution < 1.29 is 0 Å². The number of benzene rings is 6. The molecule has 0 saturated heterocycles. The Morgan fingerprint density at radius 1 is 0.389 bits per heavy atom. The largest absolute Gasteiger partial charge is 0.145 e. The summed E-state index contributed by atoms with van der Waals surface area (Å²) in [6.07, 6.45) is 0. The first-order valence-corrected chi connectivity index (χ1v) is 18.8. The molecule has 6 aromatic rings. The first kappa shape index (κ1) is 21.5. The van der Waals surface area contributed by atoms with Crippen LogP contribution in [0.2, 0.25) is 13.1 Å². The van der Waals surface area contributed by atoms with Gasteiger partial charge in [0.25, 0.3) is 0 Å². The van der Waals surface area contributed by atoms with E-state index in [2.05, 4.69) is 147 Å². The average molecular weight is 493 g/mol. The van der Waals surface area contributed by atoms with Crippen molar-refractivity contribution in [2.75, 3.05) is 0 Å². The molecule has 2 heteroatoms. The molecule has 0 amide bonds. The average Bonchev–Trinajstić information content (AvgIpc) is 2.93. The maximum atomic E-state index is 2.64. The molecule has 1 aliphatic rings. The lowest BCUT2D eigenvalue weighted by Gasteiger charge is -2.50. The molecule has 0 N–H and O–H groups in total. The number of hydrogen-bond donors (Lipinski definition) is 0. The van der Waals surface area contributed by atoms with Crippen LogP contribution in [-0.2, 0) is 0 Å². The van der Waals surface area contributed by atoms with Crippen LogP contribution < -0.4 is 20.7 Å². The first-order chi connectivity index (χ1) is 17.6. The molecule has 0 bridgehead atoms. The van der Waals surface area contributed by atoms with Crippen molar-refractivity contribution in [3.05, 3.63) is 133 Å². The molecule has 172 valence electrons. The quantitative estimate of drug-likeness (QED) is 0.255. The van der Waals surface area contributed by atoms with E-state index < -0.39 is 15.2 Å². The van der Waals surface area contributed by atoms with Crippen LogP contribution in [0, 0.1) is 0 Å². The summed E-state index contributed by atoms with van der Waals surface area (Å²) in [4.78, 5) is 0. The van der Waals surface area contributed by atoms with Crippen LogP contribution in [-0.4, -0.2) is 15.2 Å². The Morgan fingerprint density at radius 3 is 1.33 bits per heavy atom. The van der Waals surface area contributed by atoms with Gasteiger partial charge in [0.1, 0.15) is 7.59 Å². The van der Waals surface area contributed by atoms with Gasteiger partial charge in [0.15, 0.2) is 0 Å². The van der Waals surface area contributed by atoms with Gasteiger partial charge in [-0.15, -0.1) is 0 Å². The third-order valence-corrected chi connectivity index (χ3v) is 24.8. The Hall–Kier alpha value is -3.73. The Labute approximate surface area is 214 Å². The SMILES string of the molecule is C[Si]1(C)c2ccc3ccccc3c2-c2c(ccc3ccccc23)[Si]1(c1ccccc1)c1ccccc1. The van der Waals surface area contributed by atoms with Gasteiger partial charge >= 0.3 is 0 Å². The summed E-state index contributed by atoms with van der Waals surface area (Å²) < 4.78 is 0. The molecule has 0 aromatic heterocycles. The second-order valence-corrected chi connectivity index (χ2v) is 23.5. The molecule has 6 aromatic carbocycles. The predicted molar refractivity (Wildman–Crippen MR) is 162 cm³/mol. The minimum Gasteiger partial charge on any atom is -0.0665 e. The van der Waals surface area contributed by atoms with Gasteiger partial charge in [-0.25, -0.2) is 0 Å². The fraction of sp³-hybridized carbons (Fsp3) is 0.0588. The van der Waals surface area contributed by atoms with Crippen LogP contribution in [0.25, 0.3) is 32.7 Å². The number of fused-ring (bicyclic) bond motifs is 7. The Bertz CT molecular complexity index is 1710. The van der Waals surface area contributed by atoms with Crippen molar-refractivity contribution in [2.45, 2.75) is 13.1 Å². The second-order valence-electron chi connectivity index (χ2n) is 10.5. The fourth-order valence-electron chi connectivity index (χ4n) is 7.03. The van der Waals surface area contributed by atoms with E-state index >= 15 is 0 Å². The van der Waals surface area contributed by atoms with Crippen molar-refractivity contribution >= 4 is 57.5 Å². The molecule has 0 aliphatic carbocycles. The zero-order valence-corrected chi connectivity index (χ0v) is 22.7. The van der Waals surface area contributed by atoms with Crippen LogP contribution >= 0.6 is 0 Å². The molecule has 0 fully saturated rings. The van der Waals surface area contributed by atoms with Crippen molar-refractivity contribution in [2.24, 2.45) is 0 Å². The monoisotopic (exact) mass is 492 g/mol. The molecule has 0 spiro atoms. The van der Waals surface area contributed by atoms with Gasteiger partial charge in [-0.3, -0.25) is 0 Å². The Balaban J connectivity index is 1.77. The van der Waals surface area contributed by atoms with Gasteiger partial charge in [0.05, 0.1) is 7.59 Å². The van der Waals surface area contributed by atoms with Gasteiger partial charge in [-0.1, -0.05) is 162 Å². The molecule has 1 heterocycles. The van der Waals surface area contributed by atoms with Crippen LogP contribution in [0.1, 0.15) is 0 Å². The van der Waals surface area contributed by atoms with Gasteiger partial charge < -0.3 is 0 Å². The van der Waals surface area contributed by atoms with E-state index in [1.807, 2.05) is 0 Å². The zero-order valence-electron chi connectivity index (χ0n) is 20.7.